The first-order valence-electron chi connectivity index (χ1n) is 7.87. The van der Waals surface area contributed by atoms with Gasteiger partial charge in [-0.25, -0.2) is 0 Å². The van der Waals surface area contributed by atoms with Gasteiger partial charge in [0.05, 0.1) is 5.56 Å². The number of hydrogen-bond donors (Lipinski definition) is 2. The van der Waals surface area contributed by atoms with Crippen LogP contribution in [0.25, 0.3) is 0 Å². The fourth-order valence-electron chi connectivity index (χ4n) is 2.30. The van der Waals surface area contributed by atoms with E-state index in [4.69, 9.17) is 10.5 Å². The second kappa shape index (κ2) is 8.31. The van der Waals surface area contributed by atoms with E-state index in [-0.39, 0.29) is 17.5 Å². The number of benzene rings is 2. The molecule has 5 heteroatoms. The lowest BCUT2D eigenvalue weighted by atomic mass is 10.0. The molecule has 0 radical (unpaired) electrons. The van der Waals surface area contributed by atoms with Crippen LogP contribution in [0.1, 0.15) is 41.8 Å². The average molecular weight is 392 g/mol. The van der Waals surface area contributed by atoms with Gasteiger partial charge in [0.15, 0.2) is 5.78 Å². The third-order valence-electron chi connectivity index (χ3n) is 3.63. The van der Waals surface area contributed by atoms with Crippen LogP contribution in [0.15, 0.2) is 40.9 Å². The number of phenolic OH excluding ortho intramolecular Hbond substituents is 1. The van der Waals surface area contributed by atoms with Crippen molar-refractivity contribution in [1.29, 1.82) is 0 Å². The molecule has 0 aliphatic heterocycles. The number of aromatic hydroxyl groups is 1. The van der Waals surface area contributed by atoms with E-state index in [1.165, 1.54) is 0 Å². The van der Waals surface area contributed by atoms with Gasteiger partial charge < -0.3 is 15.6 Å². The van der Waals surface area contributed by atoms with E-state index in [1.807, 2.05) is 38.1 Å². The molecule has 2 aromatic rings. The number of rotatable bonds is 7. The Bertz CT molecular complexity index is 711. The first-order valence-corrected chi connectivity index (χ1v) is 8.67. The van der Waals surface area contributed by atoms with Gasteiger partial charge in [0.25, 0.3) is 0 Å². The van der Waals surface area contributed by atoms with Crippen LogP contribution in [0.3, 0.4) is 0 Å². The Morgan fingerprint density at radius 1 is 1.17 bits per heavy atom. The molecule has 0 spiro atoms. The van der Waals surface area contributed by atoms with Crippen LogP contribution in [0.2, 0.25) is 0 Å². The summed E-state index contributed by atoms with van der Waals surface area (Å²) < 4.78 is 6.14. The van der Waals surface area contributed by atoms with E-state index in [0.717, 1.165) is 11.1 Å². The molecule has 0 saturated carbocycles. The van der Waals surface area contributed by atoms with Gasteiger partial charge in [-0.2, -0.15) is 0 Å². The van der Waals surface area contributed by atoms with Crippen LogP contribution in [-0.4, -0.2) is 10.9 Å². The van der Waals surface area contributed by atoms with Crippen molar-refractivity contribution in [2.24, 2.45) is 11.7 Å². The number of hydrogen-bond acceptors (Lipinski definition) is 4. The highest BCUT2D eigenvalue weighted by Gasteiger charge is 2.18. The minimum Gasteiger partial charge on any atom is -0.506 e. The summed E-state index contributed by atoms with van der Waals surface area (Å²) >= 11 is 3.32. The summed E-state index contributed by atoms with van der Waals surface area (Å²) in [4.78, 5) is 12.1. The lowest BCUT2D eigenvalue weighted by Crippen LogP contribution is -2.05. The van der Waals surface area contributed by atoms with Crippen molar-refractivity contribution in [2.45, 2.75) is 33.4 Å². The van der Waals surface area contributed by atoms with Gasteiger partial charge in [-0.3, -0.25) is 4.79 Å². The molecule has 4 nitrogen and oxygen atoms in total. The summed E-state index contributed by atoms with van der Waals surface area (Å²) in [6.45, 7) is 4.81. The zero-order valence-electron chi connectivity index (χ0n) is 13.9. The minimum absolute atomic E-state index is 0.0726. The number of halogens is 1. The Morgan fingerprint density at radius 2 is 1.79 bits per heavy atom. The van der Waals surface area contributed by atoms with Gasteiger partial charge in [0.2, 0.25) is 0 Å². The number of carbonyl (C=O) groups excluding carboxylic acids is 1. The predicted molar refractivity (Wildman–Crippen MR) is 98.3 cm³/mol. The molecule has 3 N–H and O–H groups in total. The third kappa shape index (κ3) is 4.58. The number of nitrogens with two attached hydrogens (primary N) is 1. The molecule has 0 fully saturated rings. The highest BCUT2D eigenvalue weighted by atomic mass is 79.9. The van der Waals surface area contributed by atoms with Gasteiger partial charge in [-0.15, -0.1) is 0 Å². The van der Waals surface area contributed by atoms with E-state index < -0.39 is 0 Å². The van der Waals surface area contributed by atoms with Crippen molar-refractivity contribution >= 4 is 21.7 Å². The SMILES string of the molecule is CC(C)CC(=O)c1ccc(OCc2ccc(CN)cc2)c(Br)c1O. The normalized spacial score (nSPS) is 10.9. The van der Waals surface area contributed by atoms with E-state index in [0.29, 0.717) is 35.4 Å². The Morgan fingerprint density at radius 3 is 2.38 bits per heavy atom. The number of ether oxygens (including phenoxy) is 1. The molecule has 2 aromatic carbocycles. The Balaban J connectivity index is 2.11. The molecule has 2 rings (SSSR count). The lowest BCUT2D eigenvalue weighted by molar-refractivity contribution is 0.0965. The van der Waals surface area contributed by atoms with Crippen LogP contribution in [0.5, 0.6) is 11.5 Å². The summed E-state index contributed by atoms with van der Waals surface area (Å²) in [6, 6.07) is 11.1. The smallest absolute Gasteiger partial charge is 0.166 e. The van der Waals surface area contributed by atoms with Gasteiger partial charge in [-0.1, -0.05) is 38.1 Å². The number of phenols is 1. The molecule has 0 aromatic heterocycles. The molecule has 0 unspecified atom stereocenters. The summed E-state index contributed by atoms with van der Waals surface area (Å²) in [7, 11) is 0. The molecule has 0 aliphatic carbocycles. The number of ketones is 1. The Kier molecular flexibility index (Phi) is 6.40. The lowest BCUT2D eigenvalue weighted by Gasteiger charge is -2.13. The van der Waals surface area contributed by atoms with Gasteiger partial charge in [0, 0.05) is 13.0 Å². The fourth-order valence-corrected chi connectivity index (χ4v) is 2.76. The first-order chi connectivity index (χ1) is 11.4. The second-order valence-electron chi connectivity index (χ2n) is 6.10. The van der Waals surface area contributed by atoms with Crippen LogP contribution < -0.4 is 10.5 Å². The van der Waals surface area contributed by atoms with Crippen molar-refractivity contribution in [3.8, 4) is 11.5 Å². The van der Waals surface area contributed by atoms with E-state index in [2.05, 4.69) is 15.9 Å². The minimum atomic E-state index is -0.0767. The summed E-state index contributed by atoms with van der Waals surface area (Å²) in [5, 5.41) is 10.3. The monoisotopic (exact) mass is 391 g/mol. The number of carbonyl (C=O) groups is 1. The van der Waals surface area contributed by atoms with Crippen LogP contribution >= 0.6 is 15.9 Å². The molecular formula is C19H22BrNO3. The van der Waals surface area contributed by atoms with Crippen molar-refractivity contribution < 1.29 is 14.6 Å². The van der Waals surface area contributed by atoms with Gasteiger partial charge in [-0.05, 0) is 45.1 Å². The topological polar surface area (TPSA) is 72.5 Å². The third-order valence-corrected chi connectivity index (χ3v) is 4.39. The predicted octanol–water partition coefficient (Wildman–Crippen LogP) is 4.42. The van der Waals surface area contributed by atoms with Gasteiger partial charge in [0.1, 0.15) is 22.6 Å². The molecule has 0 bridgehead atoms. The summed E-state index contributed by atoms with van der Waals surface area (Å²) in [5.74, 6) is 0.586. The van der Waals surface area contributed by atoms with Crippen LogP contribution in [0, 0.1) is 5.92 Å². The molecule has 0 amide bonds. The maximum atomic E-state index is 12.1. The standard InChI is InChI=1S/C19H22BrNO3/c1-12(2)9-16(22)15-7-8-17(18(20)19(15)23)24-11-14-5-3-13(10-21)4-6-14/h3-8,12,23H,9-11,21H2,1-2H3. The molecule has 0 heterocycles. The highest BCUT2D eigenvalue weighted by molar-refractivity contribution is 9.10. The van der Waals surface area contributed by atoms with E-state index >= 15 is 0 Å². The van der Waals surface area contributed by atoms with Crippen molar-refractivity contribution in [1.82, 2.24) is 0 Å². The summed E-state index contributed by atoms with van der Waals surface area (Å²) in [6.07, 6.45) is 0.397. The Labute approximate surface area is 150 Å². The highest BCUT2D eigenvalue weighted by Crippen LogP contribution is 2.37. The quantitative estimate of drug-likeness (QED) is 0.685. The second-order valence-corrected chi connectivity index (χ2v) is 6.90. The fraction of sp³-hybridized carbons (Fsp3) is 0.316. The molecule has 128 valence electrons. The Hall–Kier alpha value is -1.85. The molecule has 0 atom stereocenters. The maximum absolute atomic E-state index is 12.1. The molecule has 0 aliphatic rings. The van der Waals surface area contributed by atoms with Crippen molar-refractivity contribution in [3.05, 3.63) is 57.6 Å². The molecular weight excluding hydrogens is 370 g/mol. The summed E-state index contributed by atoms with van der Waals surface area (Å²) in [5.41, 5.74) is 7.95. The molecule has 24 heavy (non-hydrogen) atoms. The first kappa shape index (κ1) is 18.5. The van der Waals surface area contributed by atoms with Crippen molar-refractivity contribution in [2.75, 3.05) is 0 Å². The zero-order valence-corrected chi connectivity index (χ0v) is 15.5. The van der Waals surface area contributed by atoms with Crippen LogP contribution in [0.4, 0.5) is 0 Å². The van der Waals surface area contributed by atoms with E-state index in [9.17, 15) is 9.90 Å². The maximum Gasteiger partial charge on any atom is 0.166 e. The average Bonchev–Trinajstić information content (AvgIpc) is 2.56. The van der Waals surface area contributed by atoms with Crippen LogP contribution in [-0.2, 0) is 13.2 Å². The number of Topliss-reactive ketones (excluding diaryl/α,β-unsaturated/α-hetero) is 1. The van der Waals surface area contributed by atoms with Crippen molar-refractivity contribution in [3.63, 3.8) is 0 Å². The van der Waals surface area contributed by atoms with E-state index in [1.54, 1.807) is 12.1 Å². The largest absolute Gasteiger partial charge is 0.506 e. The molecule has 0 saturated heterocycles. The zero-order chi connectivity index (χ0) is 17.7. The van der Waals surface area contributed by atoms with Gasteiger partial charge >= 0.3 is 0 Å².